The van der Waals surface area contributed by atoms with Crippen molar-refractivity contribution in [3.8, 4) is 0 Å². The van der Waals surface area contributed by atoms with Gasteiger partial charge < -0.3 is 25.4 Å². The van der Waals surface area contributed by atoms with Gasteiger partial charge >= 0.3 is 22.2 Å². The van der Waals surface area contributed by atoms with Crippen molar-refractivity contribution < 1.29 is 51.4 Å². The zero-order chi connectivity index (χ0) is 30.7. The van der Waals surface area contributed by atoms with E-state index in [1.54, 1.807) is 0 Å². The van der Waals surface area contributed by atoms with E-state index in [1.165, 1.54) is 43.5 Å². The molecule has 1 fully saturated rings. The van der Waals surface area contributed by atoms with Crippen molar-refractivity contribution in [2.45, 2.75) is 38.1 Å². The Morgan fingerprint density at radius 2 is 1.93 bits per heavy atom. The van der Waals surface area contributed by atoms with Crippen LogP contribution in [-0.2, 0) is 50.4 Å². The molecule has 1 aromatic heterocycles. The van der Waals surface area contributed by atoms with Crippen molar-refractivity contribution in [1.82, 2.24) is 14.6 Å². The molecule has 1 aliphatic rings. The average Bonchev–Trinajstić information content (AvgIpc) is 3.33. The lowest BCUT2D eigenvalue weighted by atomic mass is 9.98. The van der Waals surface area contributed by atoms with E-state index in [0.717, 1.165) is 18.4 Å². The minimum absolute atomic E-state index is 0.00646. The van der Waals surface area contributed by atoms with E-state index in [1.807, 2.05) is 0 Å². The number of nitrogens with two attached hydrogens (primary N) is 1. The van der Waals surface area contributed by atoms with E-state index in [0.29, 0.717) is 5.56 Å². The van der Waals surface area contributed by atoms with Gasteiger partial charge in [0.25, 0.3) is 17.5 Å². The van der Waals surface area contributed by atoms with Crippen molar-refractivity contribution in [3.05, 3.63) is 51.0 Å². The summed E-state index contributed by atoms with van der Waals surface area (Å²) in [4.78, 5) is 69.5. The quantitative estimate of drug-likeness (QED) is 0.0723. The number of rotatable bonds is 11. The van der Waals surface area contributed by atoms with Crippen molar-refractivity contribution in [3.63, 3.8) is 0 Å². The Morgan fingerprint density at radius 1 is 1.29 bits per heavy atom. The Kier molecular flexibility index (Phi) is 8.89. The topological polar surface area (TPSA) is 260 Å². The molecule has 1 saturated heterocycles. The molecule has 2 heterocycles. The number of ether oxygens (including phenoxy) is 2. The minimum Gasteiger partial charge on any atom is -0.467 e. The van der Waals surface area contributed by atoms with Gasteiger partial charge in [0.2, 0.25) is 5.60 Å². The third-order valence-electron chi connectivity index (χ3n) is 5.38. The summed E-state index contributed by atoms with van der Waals surface area (Å²) in [5, 5.41) is 17.9. The molecule has 2 aromatic rings. The monoisotopic (exact) mass is 614 g/mol. The second-order valence-corrected chi connectivity index (χ2v) is 10.8. The van der Waals surface area contributed by atoms with E-state index in [-0.39, 0.29) is 27.4 Å². The van der Waals surface area contributed by atoms with Crippen LogP contribution >= 0.6 is 11.3 Å². The average molecular weight is 615 g/mol. The summed E-state index contributed by atoms with van der Waals surface area (Å²) in [6.45, 7) is 2.24. The molecule has 0 unspecified atom stereocenters. The number of carbonyl (C=O) groups is 4. The lowest BCUT2D eigenvalue weighted by molar-refractivity contribution is -0.384. The molecule has 3 rings (SSSR count). The van der Waals surface area contributed by atoms with E-state index in [2.05, 4.69) is 20.2 Å². The number of aromatic nitrogens is 1. The molecule has 20 heteroatoms. The van der Waals surface area contributed by atoms with Crippen LogP contribution in [0.15, 0.2) is 34.8 Å². The van der Waals surface area contributed by atoms with E-state index >= 15 is 0 Å². The zero-order valence-electron chi connectivity index (χ0n) is 21.4. The molecule has 1 aliphatic heterocycles. The van der Waals surface area contributed by atoms with Gasteiger partial charge in [0.05, 0.1) is 12.0 Å². The number of esters is 2. The van der Waals surface area contributed by atoms with Gasteiger partial charge in [0.1, 0.15) is 18.3 Å². The molecule has 0 saturated carbocycles. The molecule has 220 valence electrons. The number of benzene rings is 1. The van der Waals surface area contributed by atoms with Crippen LogP contribution < -0.4 is 11.1 Å². The van der Waals surface area contributed by atoms with Crippen LogP contribution in [0.25, 0.3) is 0 Å². The number of oxime groups is 1. The first-order valence-corrected chi connectivity index (χ1v) is 13.4. The Bertz CT molecular complexity index is 1520. The van der Waals surface area contributed by atoms with E-state index < -0.39 is 62.4 Å². The summed E-state index contributed by atoms with van der Waals surface area (Å²) < 4.78 is 41.7. The SMILES string of the molecule is COC(=O)[C@H]1[C@H](NC(=O)C(=NOC(C)(C)C(=O)OCc2ccc([N+](=O)[O-])cc2)c2csc(N)n2)C(=O)N1S(=O)(=O)O. The molecular formula is C21H22N6O12S2. The largest absolute Gasteiger partial charge is 0.467 e. The second-order valence-electron chi connectivity index (χ2n) is 8.64. The highest BCUT2D eigenvalue weighted by Gasteiger charge is 2.58. The predicted molar refractivity (Wildman–Crippen MR) is 137 cm³/mol. The highest BCUT2D eigenvalue weighted by Crippen LogP contribution is 2.25. The fourth-order valence-electron chi connectivity index (χ4n) is 3.26. The molecule has 0 radical (unpaired) electrons. The van der Waals surface area contributed by atoms with Gasteiger partial charge in [0.15, 0.2) is 16.9 Å². The smallest absolute Gasteiger partial charge is 0.363 e. The van der Waals surface area contributed by atoms with E-state index in [4.69, 9.17) is 15.3 Å². The summed E-state index contributed by atoms with van der Waals surface area (Å²) in [5.74, 6) is -4.73. The first kappa shape index (κ1) is 30.8. The number of nitro groups is 1. The fourth-order valence-corrected chi connectivity index (χ4v) is 4.64. The highest BCUT2D eigenvalue weighted by atomic mass is 32.2. The van der Waals surface area contributed by atoms with Crippen LogP contribution in [-0.4, -0.2) is 81.4 Å². The standard InChI is InChI=1S/C21H22N6O12S2/c1-21(2,19(31)38-8-10-4-6-11(7-5-10)27(32)33)39-25-13(12-9-40-20(22)23-12)16(28)24-14-15(18(30)37-3)26(17(14)29)41(34,35)36/h4-7,9,14-15H,8H2,1-3H3,(H2,22,23)(H,24,28)(H,34,35,36)/t14-,15+/m0/s1. The Morgan fingerprint density at radius 3 is 2.44 bits per heavy atom. The number of nitro benzene ring substituents is 1. The van der Waals surface area contributed by atoms with Gasteiger partial charge in [-0.15, -0.1) is 11.3 Å². The first-order valence-electron chi connectivity index (χ1n) is 11.1. The number of non-ortho nitro benzene ring substituents is 1. The van der Waals surface area contributed by atoms with Crippen molar-refractivity contribution >= 4 is 61.9 Å². The van der Waals surface area contributed by atoms with Gasteiger partial charge in [-0.1, -0.05) is 5.16 Å². The van der Waals surface area contributed by atoms with Crippen molar-refractivity contribution in [2.24, 2.45) is 5.16 Å². The summed E-state index contributed by atoms with van der Waals surface area (Å²) in [7, 11) is -4.26. The number of hydrogen-bond donors (Lipinski definition) is 3. The predicted octanol–water partition coefficient (Wildman–Crippen LogP) is -0.452. The van der Waals surface area contributed by atoms with Gasteiger partial charge in [-0.3, -0.25) is 24.3 Å². The number of β-lactam (4-membered cyclic amide) rings is 1. The number of hydrogen-bond acceptors (Lipinski definition) is 15. The molecule has 0 aliphatic carbocycles. The molecule has 2 amide bonds. The normalized spacial score (nSPS) is 17.3. The molecule has 2 atom stereocenters. The van der Waals surface area contributed by atoms with Gasteiger partial charge in [0, 0.05) is 17.5 Å². The maximum atomic E-state index is 13.1. The molecule has 18 nitrogen and oxygen atoms in total. The molecular weight excluding hydrogens is 592 g/mol. The van der Waals surface area contributed by atoms with Gasteiger partial charge in [-0.2, -0.15) is 12.7 Å². The number of methoxy groups -OCH3 is 1. The van der Waals surface area contributed by atoms with Crippen molar-refractivity contribution in [2.75, 3.05) is 12.8 Å². The highest BCUT2D eigenvalue weighted by molar-refractivity contribution is 7.84. The number of thiazole rings is 1. The van der Waals surface area contributed by atoms with Crippen LogP contribution in [0, 0.1) is 10.1 Å². The maximum Gasteiger partial charge on any atom is 0.363 e. The van der Waals surface area contributed by atoms with Crippen LogP contribution in [0.4, 0.5) is 10.8 Å². The van der Waals surface area contributed by atoms with Gasteiger partial charge in [-0.05, 0) is 31.5 Å². The summed E-state index contributed by atoms with van der Waals surface area (Å²) in [6.07, 6.45) is 0. The molecule has 0 bridgehead atoms. The Balaban J connectivity index is 1.78. The number of nitrogens with one attached hydrogen (secondary N) is 1. The second kappa shape index (κ2) is 11.8. The van der Waals surface area contributed by atoms with Crippen LogP contribution in [0.2, 0.25) is 0 Å². The third-order valence-corrected chi connectivity index (χ3v) is 6.96. The minimum atomic E-state index is -5.16. The molecule has 0 spiro atoms. The lowest BCUT2D eigenvalue weighted by Gasteiger charge is -2.41. The third kappa shape index (κ3) is 6.91. The number of anilines is 1. The van der Waals surface area contributed by atoms with Crippen LogP contribution in [0.3, 0.4) is 0 Å². The Labute approximate surface area is 235 Å². The van der Waals surface area contributed by atoms with E-state index in [9.17, 15) is 42.3 Å². The number of nitrogen functional groups attached to an aromatic ring is 1. The maximum absolute atomic E-state index is 13.1. The zero-order valence-corrected chi connectivity index (χ0v) is 23.0. The van der Waals surface area contributed by atoms with Crippen LogP contribution in [0.5, 0.6) is 0 Å². The Hall–Kier alpha value is -4.69. The summed E-state index contributed by atoms with van der Waals surface area (Å²) >= 11 is 0.905. The molecule has 4 N–H and O–H groups in total. The molecule has 41 heavy (non-hydrogen) atoms. The first-order chi connectivity index (χ1) is 19.1. The summed E-state index contributed by atoms with van der Waals surface area (Å²) in [5.41, 5.74) is 3.32. The fraction of sp³-hybridized carbons (Fsp3) is 0.333. The number of amides is 2. The van der Waals surface area contributed by atoms with Gasteiger partial charge in [-0.25, -0.2) is 14.6 Å². The van der Waals surface area contributed by atoms with Crippen molar-refractivity contribution in [1.29, 1.82) is 0 Å². The number of carbonyl (C=O) groups excluding carboxylic acids is 4. The number of nitrogens with zero attached hydrogens (tertiary/aromatic N) is 4. The summed E-state index contributed by atoms with van der Waals surface area (Å²) in [6, 6.07) is 1.54. The van der Waals surface area contributed by atoms with Crippen LogP contribution in [0.1, 0.15) is 25.1 Å². The molecule has 1 aromatic carbocycles. The lowest BCUT2D eigenvalue weighted by Crippen LogP contribution is -2.74.